The molecule has 130 valence electrons. The zero-order valence-corrected chi connectivity index (χ0v) is 15.3. The predicted octanol–water partition coefficient (Wildman–Crippen LogP) is 1.18. The number of hydrogen-bond donors (Lipinski definition) is 1. The highest BCUT2D eigenvalue weighted by molar-refractivity contribution is 7.89. The van der Waals surface area contributed by atoms with E-state index in [9.17, 15) is 13.2 Å². The molecule has 0 saturated carbocycles. The first-order valence-corrected chi connectivity index (χ1v) is 8.79. The van der Waals surface area contributed by atoms with Crippen molar-refractivity contribution in [3.05, 3.63) is 29.8 Å². The van der Waals surface area contributed by atoms with Gasteiger partial charge in [0.25, 0.3) is 5.91 Å². The Morgan fingerprint density at radius 2 is 1.87 bits per heavy atom. The second-order valence-corrected chi connectivity index (χ2v) is 7.65. The van der Waals surface area contributed by atoms with Crippen molar-refractivity contribution in [3.8, 4) is 0 Å². The molecule has 8 heteroatoms. The summed E-state index contributed by atoms with van der Waals surface area (Å²) in [5, 5.41) is 3.14. The minimum atomic E-state index is -3.50. The molecular formula is C15H24ClN3O3S. The third kappa shape index (κ3) is 4.44. The molecule has 6 nitrogen and oxygen atoms in total. The summed E-state index contributed by atoms with van der Waals surface area (Å²) >= 11 is 0. The van der Waals surface area contributed by atoms with Crippen LogP contribution < -0.4 is 5.32 Å². The van der Waals surface area contributed by atoms with Crippen molar-refractivity contribution in [2.75, 3.05) is 34.2 Å². The third-order valence-electron chi connectivity index (χ3n) is 3.94. The van der Waals surface area contributed by atoms with E-state index in [-0.39, 0.29) is 29.3 Å². The Hall–Kier alpha value is -1.15. The molecule has 1 amide bonds. The van der Waals surface area contributed by atoms with Crippen LogP contribution in [0, 0.1) is 0 Å². The Bertz CT molecular complexity index is 632. The summed E-state index contributed by atoms with van der Waals surface area (Å²) in [5.41, 5.74) is 0.482. The van der Waals surface area contributed by atoms with Gasteiger partial charge in [0, 0.05) is 38.8 Å². The normalized spacial score (nSPS) is 19.0. The summed E-state index contributed by atoms with van der Waals surface area (Å²) in [6.45, 7) is 1.02. The van der Waals surface area contributed by atoms with E-state index in [1.165, 1.54) is 21.3 Å². The molecule has 0 aliphatic carbocycles. The Balaban J connectivity index is 0.00000264. The summed E-state index contributed by atoms with van der Waals surface area (Å²) in [7, 11) is 1.68. The molecule has 0 radical (unpaired) electrons. The largest absolute Gasteiger partial charge is 0.345 e. The fourth-order valence-corrected chi connectivity index (χ4v) is 4.10. The van der Waals surface area contributed by atoms with Crippen LogP contribution in [0.4, 0.5) is 0 Å². The standard InChI is InChI=1S/C15H23N3O3S.ClH/c1-16-13-5-4-10-18(11-13)22(20,21)14-8-6-12(7-9-14)15(19)17(2)3;/h6-9,13,16H,4-5,10-11H2,1-3H3;1H. The van der Waals surface area contributed by atoms with Gasteiger partial charge in [-0.3, -0.25) is 4.79 Å². The van der Waals surface area contributed by atoms with E-state index >= 15 is 0 Å². The number of likely N-dealkylation sites (N-methyl/N-ethyl adjacent to an activating group) is 1. The van der Waals surface area contributed by atoms with Gasteiger partial charge in [0.1, 0.15) is 0 Å². The van der Waals surface area contributed by atoms with Crippen molar-refractivity contribution < 1.29 is 13.2 Å². The zero-order chi connectivity index (χ0) is 16.3. The van der Waals surface area contributed by atoms with Crippen molar-refractivity contribution in [2.45, 2.75) is 23.8 Å². The highest BCUT2D eigenvalue weighted by Crippen LogP contribution is 2.21. The average molecular weight is 362 g/mol. The van der Waals surface area contributed by atoms with Crippen LogP contribution in [-0.2, 0) is 10.0 Å². The van der Waals surface area contributed by atoms with Gasteiger partial charge in [0.05, 0.1) is 4.90 Å². The van der Waals surface area contributed by atoms with Crippen molar-refractivity contribution in [1.29, 1.82) is 0 Å². The number of carbonyl (C=O) groups is 1. The van der Waals surface area contributed by atoms with Gasteiger partial charge in [-0.05, 0) is 44.2 Å². The number of halogens is 1. The Morgan fingerprint density at radius 1 is 1.26 bits per heavy atom. The molecule has 0 aromatic heterocycles. The lowest BCUT2D eigenvalue weighted by Gasteiger charge is -2.31. The van der Waals surface area contributed by atoms with E-state index in [1.54, 1.807) is 26.2 Å². The average Bonchev–Trinajstić information content (AvgIpc) is 2.54. The van der Waals surface area contributed by atoms with Gasteiger partial charge in [-0.15, -0.1) is 12.4 Å². The van der Waals surface area contributed by atoms with Crippen molar-refractivity contribution in [2.24, 2.45) is 0 Å². The molecule has 2 rings (SSSR count). The number of amides is 1. The second-order valence-electron chi connectivity index (χ2n) is 5.71. The van der Waals surface area contributed by atoms with E-state index < -0.39 is 10.0 Å². The minimum absolute atomic E-state index is 0. The van der Waals surface area contributed by atoms with Gasteiger partial charge in [-0.25, -0.2) is 8.42 Å². The summed E-state index contributed by atoms with van der Waals surface area (Å²) < 4.78 is 26.8. The Labute approximate surface area is 144 Å². The lowest BCUT2D eigenvalue weighted by molar-refractivity contribution is 0.0827. The van der Waals surface area contributed by atoms with E-state index in [0.717, 1.165) is 12.8 Å². The van der Waals surface area contributed by atoms with Crippen LogP contribution in [0.3, 0.4) is 0 Å². The van der Waals surface area contributed by atoms with Crippen LogP contribution in [0.2, 0.25) is 0 Å². The molecule has 1 fully saturated rings. The molecular weight excluding hydrogens is 338 g/mol. The Kier molecular flexibility index (Phi) is 7.01. The monoisotopic (exact) mass is 361 g/mol. The van der Waals surface area contributed by atoms with Gasteiger partial charge in [-0.2, -0.15) is 4.31 Å². The van der Waals surface area contributed by atoms with Gasteiger partial charge in [0.2, 0.25) is 10.0 Å². The number of hydrogen-bond acceptors (Lipinski definition) is 4. The number of nitrogens with one attached hydrogen (secondary N) is 1. The van der Waals surface area contributed by atoms with Crippen LogP contribution in [0.5, 0.6) is 0 Å². The van der Waals surface area contributed by atoms with Crippen LogP contribution >= 0.6 is 12.4 Å². The third-order valence-corrected chi connectivity index (χ3v) is 5.82. The number of rotatable bonds is 4. The van der Waals surface area contributed by atoms with E-state index in [1.807, 2.05) is 7.05 Å². The van der Waals surface area contributed by atoms with Crippen LogP contribution in [0.15, 0.2) is 29.2 Å². The maximum Gasteiger partial charge on any atom is 0.253 e. The molecule has 1 aliphatic rings. The number of sulfonamides is 1. The van der Waals surface area contributed by atoms with Gasteiger partial charge in [0.15, 0.2) is 0 Å². The zero-order valence-electron chi connectivity index (χ0n) is 13.7. The highest BCUT2D eigenvalue weighted by Gasteiger charge is 2.29. The number of piperidine rings is 1. The topological polar surface area (TPSA) is 69.7 Å². The summed E-state index contributed by atoms with van der Waals surface area (Å²) in [6.07, 6.45) is 1.83. The molecule has 1 unspecified atom stereocenters. The smallest absolute Gasteiger partial charge is 0.253 e. The van der Waals surface area contributed by atoms with Gasteiger partial charge >= 0.3 is 0 Å². The van der Waals surface area contributed by atoms with Crippen molar-refractivity contribution >= 4 is 28.3 Å². The molecule has 1 aromatic rings. The first kappa shape index (κ1) is 19.9. The fraction of sp³-hybridized carbons (Fsp3) is 0.533. The summed E-state index contributed by atoms with van der Waals surface area (Å²) in [6, 6.07) is 6.34. The second kappa shape index (κ2) is 8.10. The first-order chi connectivity index (χ1) is 10.4. The minimum Gasteiger partial charge on any atom is -0.345 e. The quantitative estimate of drug-likeness (QED) is 0.874. The lowest BCUT2D eigenvalue weighted by Crippen LogP contribution is -2.46. The molecule has 1 atom stereocenters. The number of benzene rings is 1. The van der Waals surface area contributed by atoms with E-state index in [2.05, 4.69) is 5.32 Å². The molecule has 0 bridgehead atoms. The summed E-state index contributed by atoms with van der Waals surface area (Å²) in [5.74, 6) is -0.142. The SMILES string of the molecule is CNC1CCCN(S(=O)(=O)c2ccc(C(=O)N(C)C)cc2)C1.Cl. The molecule has 1 heterocycles. The van der Waals surface area contributed by atoms with E-state index in [0.29, 0.717) is 18.7 Å². The Morgan fingerprint density at radius 3 is 2.39 bits per heavy atom. The molecule has 23 heavy (non-hydrogen) atoms. The maximum atomic E-state index is 12.7. The molecule has 1 aromatic carbocycles. The van der Waals surface area contributed by atoms with Crippen molar-refractivity contribution in [3.63, 3.8) is 0 Å². The van der Waals surface area contributed by atoms with Gasteiger partial charge < -0.3 is 10.2 Å². The van der Waals surface area contributed by atoms with E-state index in [4.69, 9.17) is 0 Å². The fourth-order valence-electron chi connectivity index (χ4n) is 2.57. The number of carbonyl (C=O) groups excluding carboxylic acids is 1. The maximum absolute atomic E-state index is 12.7. The van der Waals surface area contributed by atoms with Crippen LogP contribution in [-0.4, -0.2) is 63.8 Å². The molecule has 0 spiro atoms. The lowest BCUT2D eigenvalue weighted by atomic mass is 10.1. The molecule has 1 N–H and O–H groups in total. The summed E-state index contributed by atoms with van der Waals surface area (Å²) in [4.78, 5) is 13.5. The van der Waals surface area contributed by atoms with Gasteiger partial charge in [-0.1, -0.05) is 0 Å². The molecule has 1 saturated heterocycles. The number of nitrogens with zero attached hydrogens (tertiary/aromatic N) is 2. The van der Waals surface area contributed by atoms with Crippen molar-refractivity contribution in [1.82, 2.24) is 14.5 Å². The first-order valence-electron chi connectivity index (χ1n) is 7.35. The van der Waals surface area contributed by atoms with Crippen LogP contribution in [0.1, 0.15) is 23.2 Å². The van der Waals surface area contributed by atoms with Crippen LogP contribution in [0.25, 0.3) is 0 Å². The highest BCUT2D eigenvalue weighted by atomic mass is 35.5. The predicted molar refractivity (Wildman–Crippen MR) is 92.5 cm³/mol. The molecule has 1 aliphatic heterocycles.